The van der Waals surface area contributed by atoms with Crippen molar-refractivity contribution in [2.75, 3.05) is 13.1 Å². The molecular formula is C11H14N2O. The molecule has 0 aliphatic carbocycles. The predicted octanol–water partition coefficient (Wildman–Crippen LogP) is 0.974. The molecule has 1 aliphatic rings. The molecule has 2 atom stereocenters. The zero-order valence-electron chi connectivity index (χ0n) is 8.23. The molecule has 1 N–H and O–H groups in total. The molecule has 1 aromatic rings. The number of carbonyl (C=O) groups excluding carboxylic acids is 1. The van der Waals surface area contributed by atoms with Crippen LogP contribution in [0, 0.1) is 5.92 Å². The molecule has 0 saturated carbocycles. The first-order chi connectivity index (χ1) is 6.79. The number of ketones is 1. The molecule has 0 bridgehead atoms. The van der Waals surface area contributed by atoms with Crippen LogP contribution in [0.1, 0.15) is 18.5 Å². The highest BCUT2D eigenvalue weighted by molar-refractivity contribution is 5.80. The summed E-state index contributed by atoms with van der Waals surface area (Å²) in [6.07, 6.45) is 1.78. The Kier molecular flexibility index (Phi) is 2.59. The standard InChI is InChI=1S/C11H14N2O/c1-8(14)9-6-12-7-10(9)11-4-2-3-5-13-11/h2-5,9-10,12H,6-7H2,1H3/t9-,10-/m0/s1. The lowest BCUT2D eigenvalue weighted by atomic mass is 9.90. The number of hydrogen-bond acceptors (Lipinski definition) is 3. The maximum Gasteiger partial charge on any atom is 0.134 e. The molecule has 14 heavy (non-hydrogen) atoms. The lowest BCUT2D eigenvalue weighted by Crippen LogP contribution is -2.19. The minimum Gasteiger partial charge on any atom is -0.315 e. The van der Waals surface area contributed by atoms with Gasteiger partial charge in [-0.1, -0.05) is 6.07 Å². The van der Waals surface area contributed by atoms with Crippen molar-refractivity contribution in [1.82, 2.24) is 10.3 Å². The van der Waals surface area contributed by atoms with E-state index in [4.69, 9.17) is 0 Å². The van der Waals surface area contributed by atoms with Crippen LogP contribution in [0.3, 0.4) is 0 Å². The number of carbonyl (C=O) groups is 1. The Morgan fingerprint density at radius 2 is 2.36 bits per heavy atom. The van der Waals surface area contributed by atoms with Crippen LogP contribution in [-0.2, 0) is 4.79 Å². The SMILES string of the molecule is CC(=O)[C@@H]1CNC[C@@H]1c1ccccn1. The summed E-state index contributed by atoms with van der Waals surface area (Å²) in [6, 6.07) is 5.86. The molecule has 74 valence electrons. The van der Waals surface area contributed by atoms with E-state index in [1.807, 2.05) is 18.2 Å². The highest BCUT2D eigenvalue weighted by Gasteiger charge is 2.32. The van der Waals surface area contributed by atoms with Crippen molar-refractivity contribution >= 4 is 5.78 Å². The van der Waals surface area contributed by atoms with E-state index in [-0.39, 0.29) is 17.6 Å². The van der Waals surface area contributed by atoms with Gasteiger partial charge in [0, 0.05) is 36.8 Å². The highest BCUT2D eigenvalue weighted by Crippen LogP contribution is 2.26. The second kappa shape index (κ2) is 3.88. The van der Waals surface area contributed by atoms with Gasteiger partial charge in [-0.2, -0.15) is 0 Å². The maximum atomic E-state index is 11.4. The Morgan fingerprint density at radius 1 is 1.50 bits per heavy atom. The second-order valence-electron chi connectivity index (χ2n) is 3.74. The van der Waals surface area contributed by atoms with E-state index in [9.17, 15) is 4.79 Å². The second-order valence-corrected chi connectivity index (χ2v) is 3.74. The topological polar surface area (TPSA) is 42.0 Å². The highest BCUT2D eigenvalue weighted by atomic mass is 16.1. The number of rotatable bonds is 2. The summed E-state index contributed by atoms with van der Waals surface area (Å²) in [5.74, 6) is 0.615. The van der Waals surface area contributed by atoms with Gasteiger partial charge in [0.25, 0.3) is 0 Å². The van der Waals surface area contributed by atoms with Crippen molar-refractivity contribution in [2.45, 2.75) is 12.8 Å². The smallest absolute Gasteiger partial charge is 0.134 e. The number of nitrogens with one attached hydrogen (secondary N) is 1. The van der Waals surface area contributed by atoms with Gasteiger partial charge in [-0.25, -0.2) is 0 Å². The normalized spacial score (nSPS) is 26.4. The van der Waals surface area contributed by atoms with Crippen LogP contribution in [-0.4, -0.2) is 23.9 Å². The average Bonchev–Trinajstić information content (AvgIpc) is 2.67. The summed E-state index contributed by atoms with van der Waals surface area (Å²) in [5.41, 5.74) is 1.03. The molecule has 3 nitrogen and oxygen atoms in total. The predicted molar refractivity (Wildman–Crippen MR) is 54.0 cm³/mol. The molecule has 2 rings (SSSR count). The van der Waals surface area contributed by atoms with Crippen LogP contribution >= 0.6 is 0 Å². The molecule has 1 fully saturated rings. The van der Waals surface area contributed by atoms with Crippen molar-refractivity contribution in [3.63, 3.8) is 0 Å². The molecule has 1 aromatic heterocycles. The van der Waals surface area contributed by atoms with Gasteiger partial charge in [0.1, 0.15) is 5.78 Å². The fraction of sp³-hybridized carbons (Fsp3) is 0.455. The molecule has 0 amide bonds. The van der Waals surface area contributed by atoms with E-state index >= 15 is 0 Å². The monoisotopic (exact) mass is 190 g/mol. The third-order valence-corrected chi connectivity index (χ3v) is 2.80. The Bertz CT molecular complexity index is 323. The molecule has 0 radical (unpaired) electrons. The van der Waals surface area contributed by atoms with Gasteiger partial charge < -0.3 is 5.32 Å². The summed E-state index contributed by atoms with van der Waals surface area (Å²) in [4.78, 5) is 15.7. The van der Waals surface area contributed by atoms with Crippen molar-refractivity contribution in [3.05, 3.63) is 30.1 Å². The van der Waals surface area contributed by atoms with Crippen LogP contribution in [0.2, 0.25) is 0 Å². The molecule has 0 spiro atoms. The minimum atomic E-state index is 0.102. The first kappa shape index (κ1) is 9.34. The van der Waals surface area contributed by atoms with Gasteiger partial charge in [0.15, 0.2) is 0 Å². The summed E-state index contributed by atoms with van der Waals surface area (Å²) in [5, 5.41) is 3.24. The third kappa shape index (κ3) is 1.68. The number of Topliss-reactive ketones (excluding diaryl/α,β-unsaturated/α-hetero) is 1. The number of pyridine rings is 1. The van der Waals surface area contributed by atoms with Crippen molar-refractivity contribution in [3.8, 4) is 0 Å². The number of hydrogen-bond donors (Lipinski definition) is 1. The van der Waals surface area contributed by atoms with Crippen LogP contribution in [0.15, 0.2) is 24.4 Å². The fourth-order valence-electron chi connectivity index (χ4n) is 2.01. The maximum absolute atomic E-state index is 11.4. The van der Waals surface area contributed by atoms with Gasteiger partial charge in [-0.3, -0.25) is 9.78 Å². The molecule has 0 unspecified atom stereocenters. The van der Waals surface area contributed by atoms with E-state index in [1.54, 1.807) is 13.1 Å². The van der Waals surface area contributed by atoms with Gasteiger partial charge in [-0.15, -0.1) is 0 Å². The summed E-state index contributed by atoms with van der Waals surface area (Å²) in [7, 11) is 0. The Labute approximate surface area is 83.5 Å². The summed E-state index contributed by atoms with van der Waals surface area (Å²) >= 11 is 0. The molecule has 3 heteroatoms. The zero-order chi connectivity index (χ0) is 9.97. The van der Waals surface area contributed by atoms with Gasteiger partial charge in [0.05, 0.1) is 0 Å². The van der Waals surface area contributed by atoms with Crippen molar-refractivity contribution < 1.29 is 4.79 Å². The zero-order valence-corrected chi connectivity index (χ0v) is 8.23. The molecular weight excluding hydrogens is 176 g/mol. The minimum absolute atomic E-state index is 0.102. The lowest BCUT2D eigenvalue weighted by Gasteiger charge is -2.14. The van der Waals surface area contributed by atoms with E-state index < -0.39 is 0 Å². The van der Waals surface area contributed by atoms with E-state index in [0.29, 0.717) is 0 Å². The van der Waals surface area contributed by atoms with E-state index in [0.717, 1.165) is 18.8 Å². The Hall–Kier alpha value is -1.22. The first-order valence-electron chi connectivity index (χ1n) is 4.91. The third-order valence-electron chi connectivity index (χ3n) is 2.80. The van der Waals surface area contributed by atoms with Crippen molar-refractivity contribution in [1.29, 1.82) is 0 Å². The molecule has 1 aliphatic heterocycles. The summed E-state index contributed by atoms with van der Waals surface area (Å²) in [6.45, 7) is 3.31. The van der Waals surface area contributed by atoms with Crippen LogP contribution in [0.25, 0.3) is 0 Å². The van der Waals surface area contributed by atoms with Crippen molar-refractivity contribution in [2.24, 2.45) is 5.92 Å². The van der Waals surface area contributed by atoms with Crippen LogP contribution in [0.5, 0.6) is 0 Å². The quantitative estimate of drug-likeness (QED) is 0.755. The van der Waals surface area contributed by atoms with Gasteiger partial charge in [0.2, 0.25) is 0 Å². The first-order valence-corrected chi connectivity index (χ1v) is 4.91. The van der Waals surface area contributed by atoms with Crippen LogP contribution in [0.4, 0.5) is 0 Å². The van der Waals surface area contributed by atoms with Gasteiger partial charge in [-0.05, 0) is 19.1 Å². The molecule has 2 heterocycles. The lowest BCUT2D eigenvalue weighted by molar-refractivity contribution is -0.120. The largest absolute Gasteiger partial charge is 0.315 e. The average molecular weight is 190 g/mol. The van der Waals surface area contributed by atoms with Gasteiger partial charge >= 0.3 is 0 Å². The number of nitrogens with zero attached hydrogens (tertiary/aromatic N) is 1. The fourth-order valence-corrected chi connectivity index (χ4v) is 2.01. The Morgan fingerprint density at radius 3 is 3.00 bits per heavy atom. The molecule has 0 aromatic carbocycles. The van der Waals surface area contributed by atoms with E-state index in [2.05, 4.69) is 10.3 Å². The molecule has 1 saturated heterocycles. The van der Waals surface area contributed by atoms with Crippen LogP contribution < -0.4 is 5.32 Å². The van der Waals surface area contributed by atoms with E-state index in [1.165, 1.54) is 0 Å². The summed E-state index contributed by atoms with van der Waals surface area (Å²) < 4.78 is 0. The Balaban J connectivity index is 2.22. The number of aromatic nitrogens is 1.